The van der Waals surface area contributed by atoms with Crippen LogP contribution in [0.2, 0.25) is 0 Å². The van der Waals surface area contributed by atoms with Crippen LogP contribution < -0.4 is 10.1 Å². The highest BCUT2D eigenvalue weighted by Gasteiger charge is 2.24. The molecule has 0 saturated carbocycles. The summed E-state index contributed by atoms with van der Waals surface area (Å²) in [5.74, 6) is 0.890. The number of hydrogen-bond acceptors (Lipinski definition) is 4. The largest absolute Gasteiger partial charge is 0.497 e. The van der Waals surface area contributed by atoms with Gasteiger partial charge >= 0.3 is 0 Å². The van der Waals surface area contributed by atoms with E-state index in [1.807, 2.05) is 23.5 Å². The summed E-state index contributed by atoms with van der Waals surface area (Å²) in [6, 6.07) is 8.62. The predicted octanol–water partition coefficient (Wildman–Crippen LogP) is 4.20. The number of nitrogens with one attached hydrogen (secondary N) is 1. The first-order valence-electron chi connectivity index (χ1n) is 7.69. The lowest BCUT2D eigenvalue weighted by atomic mass is 9.97. The smallest absolute Gasteiger partial charge is 0.124 e. The summed E-state index contributed by atoms with van der Waals surface area (Å²) in [5.41, 5.74) is 2.43. The number of rotatable bonds is 5. The summed E-state index contributed by atoms with van der Waals surface area (Å²) in [4.78, 5) is 6.38. The van der Waals surface area contributed by atoms with Gasteiger partial charge in [0.15, 0.2) is 0 Å². The van der Waals surface area contributed by atoms with Crippen molar-refractivity contribution in [2.75, 3.05) is 13.7 Å². The molecule has 1 atom stereocenters. The van der Waals surface area contributed by atoms with Crippen LogP contribution in [0.4, 0.5) is 0 Å². The van der Waals surface area contributed by atoms with Gasteiger partial charge in [0.1, 0.15) is 10.8 Å². The van der Waals surface area contributed by atoms with Crippen LogP contribution in [-0.4, -0.2) is 18.6 Å². The van der Waals surface area contributed by atoms with Gasteiger partial charge in [-0.3, -0.25) is 0 Å². The normalized spacial score (nSPS) is 17.5. The highest BCUT2D eigenvalue weighted by Crippen LogP contribution is 2.37. The fourth-order valence-electron chi connectivity index (χ4n) is 2.82. The molecule has 0 saturated heterocycles. The first-order chi connectivity index (χ1) is 10.3. The van der Waals surface area contributed by atoms with Gasteiger partial charge in [0.25, 0.3) is 0 Å². The van der Waals surface area contributed by atoms with E-state index in [2.05, 4.69) is 24.4 Å². The van der Waals surface area contributed by atoms with E-state index in [0.717, 1.165) is 22.9 Å². The molecule has 1 aromatic heterocycles. The minimum absolute atomic E-state index is 0.435. The highest BCUT2D eigenvalue weighted by molar-refractivity contribution is 7.15. The highest BCUT2D eigenvalue weighted by atomic mass is 32.1. The Bertz CT molecular complexity index is 609. The average molecular weight is 302 g/mol. The summed E-state index contributed by atoms with van der Waals surface area (Å²) >= 11 is 1.84. The lowest BCUT2D eigenvalue weighted by molar-refractivity contribution is 0.415. The fourth-order valence-corrected chi connectivity index (χ4v) is 3.98. The van der Waals surface area contributed by atoms with Crippen LogP contribution in [0.15, 0.2) is 24.3 Å². The minimum Gasteiger partial charge on any atom is -0.497 e. The average Bonchev–Trinajstić information content (AvgIpc) is 2.97. The van der Waals surface area contributed by atoms with Gasteiger partial charge in [-0.05, 0) is 44.4 Å². The molecular formula is C17H22N2OS. The quantitative estimate of drug-likeness (QED) is 0.899. The maximum Gasteiger partial charge on any atom is 0.124 e. The number of benzene rings is 1. The fraction of sp³-hybridized carbons (Fsp3) is 0.471. The standard InChI is InChI=1S/C17H22N2OS/c1-3-10-18-14-8-5-9-15-16(14)19-17(21-15)12-6-4-7-13(11-12)20-2/h4,6-7,11,14,18H,3,5,8-10H2,1-2H3. The summed E-state index contributed by atoms with van der Waals surface area (Å²) in [6.45, 7) is 3.27. The number of methoxy groups -OCH3 is 1. The molecule has 21 heavy (non-hydrogen) atoms. The van der Waals surface area contributed by atoms with Crippen molar-refractivity contribution in [3.05, 3.63) is 34.8 Å². The number of aromatic nitrogens is 1. The van der Waals surface area contributed by atoms with Gasteiger partial charge in [0.05, 0.1) is 18.8 Å². The van der Waals surface area contributed by atoms with Crippen molar-refractivity contribution in [2.45, 2.75) is 38.6 Å². The molecule has 2 aromatic rings. The first kappa shape index (κ1) is 14.5. The molecule has 0 aliphatic heterocycles. The van der Waals surface area contributed by atoms with E-state index >= 15 is 0 Å². The number of aryl methyl sites for hydroxylation is 1. The van der Waals surface area contributed by atoms with E-state index in [1.165, 1.54) is 36.3 Å². The Hall–Kier alpha value is -1.39. The van der Waals surface area contributed by atoms with Crippen LogP contribution in [0.5, 0.6) is 5.75 Å². The molecule has 1 N–H and O–H groups in total. The molecule has 1 aliphatic rings. The van der Waals surface area contributed by atoms with Gasteiger partial charge in [-0.1, -0.05) is 19.1 Å². The summed E-state index contributed by atoms with van der Waals surface area (Å²) in [7, 11) is 1.71. The zero-order valence-corrected chi connectivity index (χ0v) is 13.5. The van der Waals surface area contributed by atoms with Crippen molar-refractivity contribution >= 4 is 11.3 Å². The van der Waals surface area contributed by atoms with Crippen LogP contribution in [0.3, 0.4) is 0 Å². The molecule has 1 aromatic carbocycles. The maximum absolute atomic E-state index is 5.32. The van der Waals surface area contributed by atoms with Gasteiger partial charge < -0.3 is 10.1 Å². The zero-order valence-electron chi connectivity index (χ0n) is 12.7. The second-order valence-corrected chi connectivity index (χ2v) is 6.54. The molecule has 0 amide bonds. The molecule has 0 bridgehead atoms. The molecule has 1 aliphatic carbocycles. The summed E-state index contributed by atoms with van der Waals surface area (Å²) < 4.78 is 5.32. The Labute approximate surface area is 130 Å². The van der Waals surface area contributed by atoms with E-state index in [9.17, 15) is 0 Å². The minimum atomic E-state index is 0.435. The summed E-state index contributed by atoms with van der Waals surface area (Å²) in [5, 5.41) is 4.75. The summed E-state index contributed by atoms with van der Waals surface area (Å²) in [6.07, 6.45) is 4.79. The predicted molar refractivity (Wildman–Crippen MR) is 88.1 cm³/mol. The number of nitrogens with zero attached hydrogens (tertiary/aromatic N) is 1. The van der Waals surface area contributed by atoms with Gasteiger partial charge in [-0.15, -0.1) is 11.3 Å². The molecular weight excluding hydrogens is 280 g/mol. The lowest BCUT2D eigenvalue weighted by Gasteiger charge is -2.22. The Morgan fingerprint density at radius 3 is 3.14 bits per heavy atom. The molecule has 4 heteroatoms. The van der Waals surface area contributed by atoms with Crippen LogP contribution in [0, 0.1) is 0 Å². The van der Waals surface area contributed by atoms with E-state index < -0.39 is 0 Å². The Morgan fingerprint density at radius 2 is 2.33 bits per heavy atom. The van der Waals surface area contributed by atoms with Crippen molar-refractivity contribution < 1.29 is 4.74 Å². The number of ether oxygens (including phenoxy) is 1. The lowest BCUT2D eigenvalue weighted by Crippen LogP contribution is -2.25. The first-order valence-corrected chi connectivity index (χ1v) is 8.51. The molecule has 0 fully saturated rings. The van der Waals surface area contributed by atoms with Crippen LogP contribution >= 0.6 is 11.3 Å². The molecule has 112 valence electrons. The monoisotopic (exact) mass is 302 g/mol. The maximum atomic E-state index is 5.32. The van der Waals surface area contributed by atoms with E-state index in [4.69, 9.17) is 9.72 Å². The second kappa shape index (κ2) is 6.58. The Kier molecular flexibility index (Phi) is 4.56. The van der Waals surface area contributed by atoms with Gasteiger partial charge in [-0.25, -0.2) is 4.98 Å². The number of hydrogen-bond donors (Lipinski definition) is 1. The van der Waals surface area contributed by atoms with Gasteiger partial charge in [-0.2, -0.15) is 0 Å². The van der Waals surface area contributed by atoms with Crippen molar-refractivity contribution in [2.24, 2.45) is 0 Å². The third-order valence-electron chi connectivity index (χ3n) is 3.91. The zero-order chi connectivity index (χ0) is 14.7. The van der Waals surface area contributed by atoms with Crippen LogP contribution in [0.1, 0.15) is 42.8 Å². The van der Waals surface area contributed by atoms with Gasteiger partial charge in [0, 0.05) is 10.4 Å². The number of thiazole rings is 1. The molecule has 1 heterocycles. The molecule has 3 rings (SSSR count). The van der Waals surface area contributed by atoms with E-state index in [-0.39, 0.29) is 0 Å². The SMILES string of the molecule is CCCNC1CCCc2sc(-c3cccc(OC)c3)nc21. The Balaban J connectivity index is 1.90. The molecule has 3 nitrogen and oxygen atoms in total. The third kappa shape index (κ3) is 3.11. The molecule has 1 unspecified atom stereocenters. The van der Waals surface area contributed by atoms with Crippen molar-refractivity contribution in [1.82, 2.24) is 10.3 Å². The van der Waals surface area contributed by atoms with Crippen LogP contribution in [0.25, 0.3) is 10.6 Å². The second-order valence-electron chi connectivity index (χ2n) is 5.46. The van der Waals surface area contributed by atoms with Crippen molar-refractivity contribution in [1.29, 1.82) is 0 Å². The van der Waals surface area contributed by atoms with E-state index in [1.54, 1.807) is 7.11 Å². The topological polar surface area (TPSA) is 34.1 Å². The van der Waals surface area contributed by atoms with Crippen molar-refractivity contribution in [3.8, 4) is 16.3 Å². The molecule has 0 radical (unpaired) electrons. The van der Waals surface area contributed by atoms with Crippen LogP contribution in [-0.2, 0) is 6.42 Å². The van der Waals surface area contributed by atoms with Gasteiger partial charge in [0.2, 0.25) is 0 Å². The Morgan fingerprint density at radius 1 is 1.43 bits per heavy atom. The van der Waals surface area contributed by atoms with Crippen molar-refractivity contribution in [3.63, 3.8) is 0 Å². The number of fused-ring (bicyclic) bond motifs is 1. The molecule has 0 spiro atoms. The third-order valence-corrected chi connectivity index (χ3v) is 5.09. The van der Waals surface area contributed by atoms with E-state index in [0.29, 0.717) is 6.04 Å².